The largest absolute Gasteiger partial charge is 0.494 e. The molecule has 0 heterocycles. The maximum absolute atomic E-state index is 11.0. The molecule has 0 saturated heterocycles. The van der Waals surface area contributed by atoms with Gasteiger partial charge in [0.15, 0.2) is 0 Å². The fourth-order valence-electron chi connectivity index (χ4n) is 1.92. The Bertz CT molecular complexity index is 422. The van der Waals surface area contributed by atoms with Crippen LogP contribution in [0.2, 0.25) is 0 Å². The SMILES string of the molecule is Cc1cc(C)cc(OCCCCC(C)(N)C(N)=O)c1. The van der Waals surface area contributed by atoms with Crippen LogP contribution in [0.1, 0.15) is 37.3 Å². The summed E-state index contributed by atoms with van der Waals surface area (Å²) in [6, 6.07) is 6.15. The molecule has 0 aromatic heterocycles. The van der Waals surface area contributed by atoms with E-state index in [2.05, 4.69) is 6.07 Å². The Kier molecular flexibility index (Phi) is 5.36. The topological polar surface area (TPSA) is 78.3 Å². The van der Waals surface area contributed by atoms with Crippen LogP contribution in [0, 0.1) is 13.8 Å². The molecule has 1 atom stereocenters. The minimum atomic E-state index is -0.917. The van der Waals surface area contributed by atoms with Gasteiger partial charge < -0.3 is 16.2 Å². The zero-order valence-electron chi connectivity index (χ0n) is 12.0. The zero-order valence-corrected chi connectivity index (χ0v) is 12.0. The highest BCUT2D eigenvalue weighted by Gasteiger charge is 2.24. The Morgan fingerprint density at radius 2 is 1.79 bits per heavy atom. The van der Waals surface area contributed by atoms with Gasteiger partial charge in [0.1, 0.15) is 5.75 Å². The van der Waals surface area contributed by atoms with E-state index in [-0.39, 0.29) is 0 Å². The van der Waals surface area contributed by atoms with E-state index >= 15 is 0 Å². The summed E-state index contributed by atoms with van der Waals surface area (Å²) in [6.07, 6.45) is 2.26. The normalized spacial score (nSPS) is 13.9. The summed E-state index contributed by atoms with van der Waals surface area (Å²) in [5, 5.41) is 0. The van der Waals surface area contributed by atoms with Crippen molar-refractivity contribution in [2.45, 2.75) is 45.6 Å². The second-order valence-corrected chi connectivity index (χ2v) is 5.41. The summed E-state index contributed by atoms with van der Waals surface area (Å²) in [6.45, 7) is 6.39. The Labute approximate surface area is 115 Å². The molecule has 1 aromatic carbocycles. The number of hydrogen-bond acceptors (Lipinski definition) is 3. The minimum absolute atomic E-state index is 0.456. The first kappa shape index (κ1) is 15.5. The van der Waals surface area contributed by atoms with Crippen molar-refractivity contribution in [3.63, 3.8) is 0 Å². The van der Waals surface area contributed by atoms with Crippen molar-refractivity contribution in [1.29, 1.82) is 0 Å². The van der Waals surface area contributed by atoms with Crippen molar-refractivity contribution < 1.29 is 9.53 Å². The fraction of sp³-hybridized carbons (Fsp3) is 0.533. The first-order valence-electron chi connectivity index (χ1n) is 6.61. The average Bonchev–Trinajstić information content (AvgIpc) is 2.26. The van der Waals surface area contributed by atoms with E-state index in [1.54, 1.807) is 6.92 Å². The lowest BCUT2D eigenvalue weighted by atomic mass is 9.96. The molecule has 0 radical (unpaired) electrons. The van der Waals surface area contributed by atoms with Crippen LogP contribution < -0.4 is 16.2 Å². The summed E-state index contributed by atoms with van der Waals surface area (Å²) >= 11 is 0. The third kappa shape index (κ3) is 5.30. The van der Waals surface area contributed by atoms with E-state index in [9.17, 15) is 4.79 Å². The molecule has 106 valence electrons. The molecule has 4 heteroatoms. The number of unbranched alkanes of at least 4 members (excludes halogenated alkanes) is 1. The molecule has 1 rings (SSSR count). The van der Waals surface area contributed by atoms with E-state index < -0.39 is 11.4 Å². The Balaban J connectivity index is 2.30. The van der Waals surface area contributed by atoms with Gasteiger partial charge in [0.2, 0.25) is 5.91 Å². The Morgan fingerprint density at radius 3 is 2.32 bits per heavy atom. The van der Waals surface area contributed by atoms with Gasteiger partial charge in [-0.15, -0.1) is 0 Å². The third-order valence-electron chi connectivity index (χ3n) is 3.12. The number of carbonyl (C=O) groups is 1. The molecule has 0 aliphatic rings. The van der Waals surface area contributed by atoms with Crippen LogP contribution in [0.3, 0.4) is 0 Å². The summed E-state index contributed by atoms with van der Waals surface area (Å²) in [7, 11) is 0. The van der Waals surface area contributed by atoms with Gasteiger partial charge in [0.05, 0.1) is 12.1 Å². The number of nitrogens with two attached hydrogens (primary N) is 2. The molecule has 1 amide bonds. The van der Waals surface area contributed by atoms with Gasteiger partial charge in [-0.2, -0.15) is 0 Å². The smallest absolute Gasteiger partial charge is 0.237 e. The number of carbonyl (C=O) groups excluding carboxylic acids is 1. The second kappa shape index (κ2) is 6.57. The van der Waals surface area contributed by atoms with Gasteiger partial charge in [-0.25, -0.2) is 0 Å². The van der Waals surface area contributed by atoms with Crippen LogP contribution in [-0.4, -0.2) is 18.1 Å². The molecular weight excluding hydrogens is 240 g/mol. The fourth-order valence-corrected chi connectivity index (χ4v) is 1.92. The summed E-state index contributed by atoms with van der Waals surface area (Å²) < 4.78 is 5.69. The number of primary amides is 1. The number of amides is 1. The molecule has 0 aliphatic carbocycles. The molecule has 1 aromatic rings. The monoisotopic (exact) mass is 264 g/mol. The number of benzene rings is 1. The lowest BCUT2D eigenvalue weighted by molar-refractivity contribution is -0.122. The van der Waals surface area contributed by atoms with Crippen LogP contribution in [0.5, 0.6) is 5.75 Å². The van der Waals surface area contributed by atoms with Crippen LogP contribution in [0.4, 0.5) is 0 Å². The first-order valence-corrected chi connectivity index (χ1v) is 6.61. The average molecular weight is 264 g/mol. The molecule has 0 saturated carbocycles. The summed E-state index contributed by atoms with van der Waals surface area (Å²) in [5.74, 6) is 0.436. The lowest BCUT2D eigenvalue weighted by Gasteiger charge is -2.19. The number of aryl methyl sites for hydroxylation is 2. The van der Waals surface area contributed by atoms with E-state index in [1.165, 1.54) is 11.1 Å². The molecule has 0 aliphatic heterocycles. The molecule has 0 bridgehead atoms. The molecular formula is C15H24N2O2. The quantitative estimate of drug-likeness (QED) is 0.740. The highest BCUT2D eigenvalue weighted by molar-refractivity contribution is 5.83. The first-order chi connectivity index (χ1) is 8.81. The van der Waals surface area contributed by atoms with E-state index in [0.717, 1.165) is 18.6 Å². The van der Waals surface area contributed by atoms with Crippen molar-refractivity contribution >= 4 is 5.91 Å². The second-order valence-electron chi connectivity index (χ2n) is 5.41. The Hall–Kier alpha value is -1.55. The van der Waals surface area contributed by atoms with E-state index in [1.807, 2.05) is 26.0 Å². The van der Waals surface area contributed by atoms with Crippen molar-refractivity contribution in [3.05, 3.63) is 29.3 Å². The standard InChI is InChI=1S/C15H24N2O2/c1-11-8-12(2)10-13(9-11)19-7-5-4-6-15(3,17)14(16)18/h8-10H,4-7,17H2,1-3H3,(H2,16,18). The maximum Gasteiger partial charge on any atom is 0.237 e. The maximum atomic E-state index is 11.0. The van der Waals surface area contributed by atoms with Gasteiger partial charge in [-0.3, -0.25) is 4.79 Å². The highest BCUT2D eigenvalue weighted by atomic mass is 16.5. The van der Waals surface area contributed by atoms with E-state index in [4.69, 9.17) is 16.2 Å². The van der Waals surface area contributed by atoms with Crippen LogP contribution in [0.15, 0.2) is 18.2 Å². The van der Waals surface area contributed by atoms with Crippen LogP contribution in [0.25, 0.3) is 0 Å². The molecule has 19 heavy (non-hydrogen) atoms. The zero-order chi connectivity index (χ0) is 14.5. The summed E-state index contributed by atoms with van der Waals surface area (Å²) in [4.78, 5) is 11.0. The number of ether oxygens (including phenoxy) is 1. The van der Waals surface area contributed by atoms with Crippen molar-refractivity contribution in [1.82, 2.24) is 0 Å². The van der Waals surface area contributed by atoms with Crippen LogP contribution >= 0.6 is 0 Å². The van der Waals surface area contributed by atoms with Gasteiger partial charge in [-0.05, 0) is 63.3 Å². The molecule has 0 fully saturated rings. The van der Waals surface area contributed by atoms with E-state index in [0.29, 0.717) is 13.0 Å². The van der Waals surface area contributed by atoms with Crippen molar-refractivity contribution in [2.24, 2.45) is 11.5 Å². The molecule has 0 spiro atoms. The molecule has 4 nitrogen and oxygen atoms in total. The lowest BCUT2D eigenvalue weighted by Crippen LogP contribution is -2.49. The highest BCUT2D eigenvalue weighted by Crippen LogP contribution is 2.17. The van der Waals surface area contributed by atoms with Gasteiger partial charge in [0, 0.05) is 0 Å². The van der Waals surface area contributed by atoms with Crippen molar-refractivity contribution in [3.8, 4) is 5.75 Å². The Morgan fingerprint density at radius 1 is 1.21 bits per heavy atom. The predicted molar refractivity (Wildman–Crippen MR) is 77.0 cm³/mol. The minimum Gasteiger partial charge on any atom is -0.494 e. The van der Waals surface area contributed by atoms with Gasteiger partial charge >= 0.3 is 0 Å². The van der Waals surface area contributed by atoms with Crippen LogP contribution in [-0.2, 0) is 4.79 Å². The van der Waals surface area contributed by atoms with Crippen molar-refractivity contribution in [2.75, 3.05) is 6.61 Å². The van der Waals surface area contributed by atoms with Gasteiger partial charge in [0.25, 0.3) is 0 Å². The predicted octanol–water partition coefficient (Wildman–Crippen LogP) is 2.06. The third-order valence-corrected chi connectivity index (χ3v) is 3.12. The number of rotatable bonds is 7. The molecule has 1 unspecified atom stereocenters. The summed E-state index contributed by atoms with van der Waals surface area (Å²) in [5.41, 5.74) is 12.5. The van der Waals surface area contributed by atoms with Gasteiger partial charge in [-0.1, -0.05) is 6.07 Å². The number of hydrogen-bond donors (Lipinski definition) is 2. The molecule has 4 N–H and O–H groups in total.